The molecule has 3 aromatic rings. The summed E-state index contributed by atoms with van der Waals surface area (Å²) in [7, 11) is 0. The van der Waals surface area contributed by atoms with Gasteiger partial charge in [-0.25, -0.2) is 4.79 Å². The summed E-state index contributed by atoms with van der Waals surface area (Å²) in [4.78, 5) is 11.8. The number of halogens is 1. The molecule has 0 spiro atoms. The second kappa shape index (κ2) is 5.92. The molecule has 0 unspecified atom stereocenters. The van der Waals surface area contributed by atoms with Crippen LogP contribution in [0.2, 0.25) is 5.02 Å². The number of hydrogen-bond donors (Lipinski definition) is 0. The van der Waals surface area contributed by atoms with Gasteiger partial charge in [0.25, 0.3) is 0 Å². The van der Waals surface area contributed by atoms with E-state index in [9.17, 15) is 4.79 Å². The third kappa shape index (κ3) is 2.67. The highest BCUT2D eigenvalue weighted by Crippen LogP contribution is 2.34. The van der Waals surface area contributed by atoms with E-state index in [4.69, 9.17) is 26.0 Å². The molecule has 0 aliphatic heterocycles. The summed E-state index contributed by atoms with van der Waals surface area (Å²) in [6.07, 6.45) is 0. The topological polar surface area (TPSA) is 63.2 Å². The van der Waals surface area contributed by atoms with E-state index in [1.54, 1.807) is 6.07 Å². The SMILES string of the molecule is N#CCOc1cc2oc(=O)cc(-c3ccccc3)c2cc1Cl. The first-order valence-corrected chi connectivity index (χ1v) is 6.89. The fourth-order valence-corrected chi connectivity index (χ4v) is 2.46. The minimum absolute atomic E-state index is 0.131. The third-order valence-corrected chi connectivity index (χ3v) is 3.47. The molecule has 0 radical (unpaired) electrons. The van der Waals surface area contributed by atoms with Crippen molar-refractivity contribution in [2.45, 2.75) is 0 Å². The van der Waals surface area contributed by atoms with Gasteiger partial charge < -0.3 is 9.15 Å². The van der Waals surface area contributed by atoms with E-state index in [1.807, 2.05) is 36.4 Å². The highest BCUT2D eigenvalue weighted by Gasteiger charge is 2.12. The van der Waals surface area contributed by atoms with Crippen LogP contribution in [0.3, 0.4) is 0 Å². The second-order valence-corrected chi connectivity index (χ2v) is 4.98. The van der Waals surface area contributed by atoms with E-state index in [2.05, 4.69) is 0 Å². The maximum atomic E-state index is 11.8. The summed E-state index contributed by atoms with van der Waals surface area (Å²) < 4.78 is 10.4. The van der Waals surface area contributed by atoms with Gasteiger partial charge in [0.1, 0.15) is 17.4 Å². The minimum Gasteiger partial charge on any atom is -0.477 e. The number of nitrogens with zero attached hydrogens (tertiary/aromatic N) is 1. The first kappa shape index (κ1) is 14.2. The highest BCUT2D eigenvalue weighted by molar-refractivity contribution is 6.33. The summed E-state index contributed by atoms with van der Waals surface area (Å²) >= 11 is 6.18. The number of ether oxygens (including phenoxy) is 1. The smallest absolute Gasteiger partial charge is 0.336 e. The predicted molar refractivity (Wildman–Crippen MR) is 84.0 cm³/mol. The van der Waals surface area contributed by atoms with Crippen molar-refractivity contribution < 1.29 is 9.15 Å². The Kier molecular flexibility index (Phi) is 3.82. The largest absolute Gasteiger partial charge is 0.477 e. The molecule has 0 aliphatic rings. The van der Waals surface area contributed by atoms with E-state index in [0.29, 0.717) is 21.7 Å². The number of rotatable bonds is 3. The summed E-state index contributed by atoms with van der Waals surface area (Å²) in [5.41, 5.74) is 1.53. The van der Waals surface area contributed by atoms with Crippen molar-refractivity contribution in [1.82, 2.24) is 0 Å². The molecule has 0 aliphatic carbocycles. The summed E-state index contributed by atoms with van der Waals surface area (Å²) in [6.45, 7) is -0.131. The monoisotopic (exact) mass is 311 g/mol. The van der Waals surface area contributed by atoms with Gasteiger partial charge in [-0.15, -0.1) is 0 Å². The number of nitriles is 1. The van der Waals surface area contributed by atoms with Gasteiger partial charge in [-0.1, -0.05) is 41.9 Å². The Morgan fingerprint density at radius 2 is 1.95 bits per heavy atom. The van der Waals surface area contributed by atoms with Crippen LogP contribution in [0.15, 0.2) is 57.7 Å². The standard InChI is InChI=1S/C17H10ClNO3/c18-14-8-13-12(11-4-2-1-3-5-11)9-17(20)22-15(13)10-16(14)21-7-6-19/h1-5,8-10H,7H2. The molecular formula is C17H10ClNO3. The van der Waals surface area contributed by atoms with E-state index < -0.39 is 5.63 Å². The van der Waals surface area contributed by atoms with Crippen LogP contribution >= 0.6 is 11.6 Å². The molecule has 0 fully saturated rings. The van der Waals surface area contributed by atoms with Crippen LogP contribution in [-0.4, -0.2) is 6.61 Å². The molecule has 0 N–H and O–H groups in total. The Morgan fingerprint density at radius 1 is 1.18 bits per heavy atom. The van der Waals surface area contributed by atoms with Crippen molar-refractivity contribution in [2.24, 2.45) is 0 Å². The van der Waals surface area contributed by atoms with E-state index >= 15 is 0 Å². The molecular weight excluding hydrogens is 302 g/mol. The Labute approximate surface area is 131 Å². The maximum absolute atomic E-state index is 11.8. The Morgan fingerprint density at radius 3 is 2.68 bits per heavy atom. The van der Waals surface area contributed by atoms with Gasteiger partial charge in [0.05, 0.1) is 5.02 Å². The van der Waals surface area contributed by atoms with Gasteiger partial charge in [0.2, 0.25) is 0 Å². The van der Waals surface area contributed by atoms with Crippen LogP contribution in [0.5, 0.6) is 5.75 Å². The fraction of sp³-hybridized carbons (Fsp3) is 0.0588. The lowest BCUT2D eigenvalue weighted by molar-refractivity contribution is 0.368. The van der Waals surface area contributed by atoms with E-state index in [0.717, 1.165) is 11.1 Å². The average molecular weight is 312 g/mol. The van der Waals surface area contributed by atoms with Crippen LogP contribution < -0.4 is 10.4 Å². The van der Waals surface area contributed by atoms with Gasteiger partial charge in [-0.2, -0.15) is 5.26 Å². The summed E-state index contributed by atoms with van der Waals surface area (Å²) in [5.74, 6) is 0.309. The molecule has 4 nitrogen and oxygen atoms in total. The normalized spacial score (nSPS) is 10.4. The lowest BCUT2D eigenvalue weighted by Crippen LogP contribution is -2.00. The zero-order valence-corrected chi connectivity index (χ0v) is 12.1. The third-order valence-electron chi connectivity index (χ3n) is 3.17. The van der Waals surface area contributed by atoms with E-state index in [-0.39, 0.29) is 6.61 Å². The summed E-state index contributed by atoms with van der Waals surface area (Å²) in [6, 6.07) is 16.0. The average Bonchev–Trinajstić information content (AvgIpc) is 2.53. The van der Waals surface area contributed by atoms with Gasteiger partial charge in [-0.3, -0.25) is 0 Å². The number of hydrogen-bond acceptors (Lipinski definition) is 4. The molecule has 1 aromatic heterocycles. The fourth-order valence-electron chi connectivity index (χ4n) is 2.24. The predicted octanol–water partition coefficient (Wildman–Crippen LogP) is 4.02. The molecule has 108 valence electrons. The molecule has 5 heteroatoms. The van der Waals surface area contributed by atoms with Crippen LogP contribution in [0, 0.1) is 11.3 Å². The summed E-state index contributed by atoms with van der Waals surface area (Å²) in [5, 5.41) is 9.64. The van der Waals surface area contributed by atoms with Gasteiger partial charge in [-0.05, 0) is 17.2 Å². The zero-order chi connectivity index (χ0) is 15.5. The van der Waals surface area contributed by atoms with Crippen LogP contribution in [0.4, 0.5) is 0 Å². The first-order valence-electron chi connectivity index (χ1n) is 6.51. The molecule has 3 rings (SSSR count). The van der Waals surface area contributed by atoms with Crippen molar-refractivity contribution in [3.63, 3.8) is 0 Å². The van der Waals surface area contributed by atoms with Crippen LogP contribution in [-0.2, 0) is 0 Å². The molecule has 0 bridgehead atoms. The quantitative estimate of drug-likeness (QED) is 0.685. The maximum Gasteiger partial charge on any atom is 0.336 e. The van der Waals surface area contributed by atoms with Gasteiger partial charge >= 0.3 is 5.63 Å². The Balaban J connectivity index is 2.25. The number of fused-ring (bicyclic) bond motifs is 1. The molecule has 22 heavy (non-hydrogen) atoms. The van der Waals surface area contributed by atoms with Gasteiger partial charge in [0.15, 0.2) is 6.61 Å². The molecule has 2 aromatic carbocycles. The van der Waals surface area contributed by atoms with Crippen LogP contribution in [0.25, 0.3) is 22.1 Å². The van der Waals surface area contributed by atoms with Crippen molar-refractivity contribution in [3.05, 3.63) is 64.0 Å². The Hall–Kier alpha value is -2.77. The Bertz CT molecular complexity index is 926. The lowest BCUT2D eigenvalue weighted by atomic mass is 10.0. The van der Waals surface area contributed by atoms with Crippen LogP contribution in [0.1, 0.15) is 0 Å². The lowest BCUT2D eigenvalue weighted by Gasteiger charge is -2.09. The zero-order valence-electron chi connectivity index (χ0n) is 11.4. The molecule has 0 atom stereocenters. The van der Waals surface area contributed by atoms with Crippen molar-refractivity contribution in [3.8, 4) is 22.9 Å². The van der Waals surface area contributed by atoms with Gasteiger partial charge in [0, 0.05) is 17.5 Å². The second-order valence-electron chi connectivity index (χ2n) is 4.57. The van der Waals surface area contributed by atoms with Crippen molar-refractivity contribution >= 4 is 22.6 Å². The molecule has 1 heterocycles. The minimum atomic E-state index is -0.458. The van der Waals surface area contributed by atoms with E-state index in [1.165, 1.54) is 12.1 Å². The number of benzene rings is 2. The highest BCUT2D eigenvalue weighted by atomic mass is 35.5. The van der Waals surface area contributed by atoms with Crippen molar-refractivity contribution in [1.29, 1.82) is 5.26 Å². The van der Waals surface area contributed by atoms with Crippen molar-refractivity contribution in [2.75, 3.05) is 6.61 Å². The molecule has 0 saturated heterocycles. The first-order chi connectivity index (χ1) is 10.7. The molecule has 0 amide bonds. The molecule has 0 saturated carbocycles.